The summed E-state index contributed by atoms with van der Waals surface area (Å²) in [7, 11) is 4.00. The number of carbonyl (C=O) groups excluding carboxylic acids is 1. The summed E-state index contributed by atoms with van der Waals surface area (Å²) >= 11 is 0. The molecule has 1 aromatic heterocycles. The number of carbonyl (C=O) groups is 1. The highest BCUT2D eigenvalue weighted by atomic mass is 16.3. The first-order valence-electron chi connectivity index (χ1n) is 6.20. The standard InChI is InChI=1S/C15H18N2O2/c1-17(2)14(12-6-4-3-5-7-12)10-16-15(18)13-8-9-19-11-13/h3-9,11,14H,10H2,1-2H3,(H,16,18). The minimum Gasteiger partial charge on any atom is -0.472 e. The number of furan rings is 1. The van der Waals surface area contributed by atoms with E-state index in [0.29, 0.717) is 12.1 Å². The van der Waals surface area contributed by atoms with Gasteiger partial charge in [-0.1, -0.05) is 30.3 Å². The SMILES string of the molecule is CN(C)C(CNC(=O)c1ccoc1)c1ccccc1. The van der Waals surface area contributed by atoms with Gasteiger partial charge < -0.3 is 14.6 Å². The summed E-state index contributed by atoms with van der Waals surface area (Å²) in [6.07, 6.45) is 2.94. The van der Waals surface area contributed by atoms with Crippen LogP contribution < -0.4 is 5.32 Å². The molecule has 0 aliphatic carbocycles. The fourth-order valence-corrected chi connectivity index (χ4v) is 1.96. The number of hydrogen-bond donors (Lipinski definition) is 1. The number of rotatable bonds is 5. The van der Waals surface area contributed by atoms with Crippen molar-refractivity contribution in [3.63, 3.8) is 0 Å². The largest absolute Gasteiger partial charge is 0.472 e. The third-order valence-corrected chi connectivity index (χ3v) is 3.05. The Hall–Kier alpha value is -2.07. The van der Waals surface area contributed by atoms with E-state index in [-0.39, 0.29) is 11.9 Å². The van der Waals surface area contributed by atoms with E-state index in [0.717, 1.165) is 0 Å². The summed E-state index contributed by atoms with van der Waals surface area (Å²) in [5, 5.41) is 2.92. The smallest absolute Gasteiger partial charge is 0.254 e. The Labute approximate surface area is 113 Å². The first kappa shape index (κ1) is 13.4. The molecule has 4 nitrogen and oxygen atoms in total. The predicted molar refractivity (Wildman–Crippen MR) is 73.9 cm³/mol. The summed E-state index contributed by atoms with van der Waals surface area (Å²) in [4.78, 5) is 14.0. The Bertz CT molecular complexity index is 506. The molecule has 0 fully saturated rings. The fraction of sp³-hybridized carbons (Fsp3) is 0.267. The molecule has 19 heavy (non-hydrogen) atoms. The summed E-state index contributed by atoms with van der Waals surface area (Å²) in [5.41, 5.74) is 1.73. The number of nitrogens with zero attached hydrogens (tertiary/aromatic N) is 1. The summed E-state index contributed by atoms with van der Waals surface area (Å²) < 4.78 is 4.90. The molecule has 2 rings (SSSR count). The Balaban J connectivity index is 2.01. The molecule has 0 bridgehead atoms. The summed E-state index contributed by atoms with van der Waals surface area (Å²) in [6.45, 7) is 0.557. The van der Waals surface area contributed by atoms with Crippen LogP contribution in [0.1, 0.15) is 22.0 Å². The van der Waals surface area contributed by atoms with Gasteiger partial charge in [-0.05, 0) is 25.7 Å². The normalized spacial score (nSPS) is 12.4. The first-order valence-corrected chi connectivity index (χ1v) is 6.20. The third-order valence-electron chi connectivity index (χ3n) is 3.05. The minimum absolute atomic E-state index is 0.114. The van der Waals surface area contributed by atoms with Gasteiger partial charge in [0.25, 0.3) is 5.91 Å². The van der Waals surface area contributed by atoms with Gasteiger partial charge in [0.05, 0.1) is 17.9 Å². The average molecular weight is 258 g/mol. The summed E-state index contributed by atoms with van der Waals surface area (Å²) in [6, 6.07) is 11.9. The van der Waals surface area contributed by atoms with Crippen LogP contribution in [0.5, 0.6) is 0 Å². The average Bonchev–Trinajstić information content (AvgIpc) is 2.93. The number of hydrogen-bond acceptors (Lipinski definition) is 3. The molecular formula is C15H18N2O2. The van der Waals surface area contributed by atoms with E-state index in [1.54, 1.807) is 6.07 Å². The second-order valence-corrected chi connectivity index (χ2v) is 4.61. The van der Waals surface area contributed by atoms with Crippen molar-refractivity contribution < 1.29 is 9.21 Å². The molecule has 1 aromatic carbocycles. The highest BCUT2D eigenvalue weighted by molar-refractivity contribution is 5.93. The Morgan fingerprint density at radius 3 is 2.58 bits per heavy atom. The lowest BCUT2D eigenvalue weighted by Gasteiger charge is -2.25. The molecule has 0 radical (unpaired) electrons. The Kier molecular flexibility index (Phi) is 4.36. The summed E-state index contributed by atoms with van der Waals surface area (Å²) in [5.74, 6) is -0.114. The van der Waals surface area contributed by atoms with E-state index < -0.39 is 0 Å². The van der Waals surface area contributed by atoms with E-state index in [1.807, 2.05) is 32.3 Å². The van der Waals surface area contributed by atoms with Gasteiger partial charge in [0.2, 0.25) is 0 Å². The van der Waals surface area contributed by atoms with Gasteiger partial charge in [-0.15, -0.1) is 0 Å². The van der Waals surface area contributed by atoms with Crippen molar-refractivity contribution in [3.8, 4) is 0 Å². The minimum atomic E-state index is -0.114. The van der Waals surface area contributed by atoms with E-state index >= 15 is 0 Å². The van der Waals surface area contributed by atoms with Gasteiger partial charge >= 0.3 is 0 Å². The number of amides is 1. The molecule has 1 heterocycles. The zero-order valence-corrected chi connectivity index (χ0v) is 11.2. The Morgan fingerprint density at radius 2 is 2.00 bits per heavy atom. The van der Waals surface area contributed by atoms with Crippen LogP contribution in [0.3, 0.4) is 0 Å². The second kappa shape index (κ2) is 6.20. The lowest BCUT2D eigenvalue weighted by molar-refractivity contribution is 0.0941. The van der Waals surface area contributed by atoms with Crippen molar-refractivity contribution in [1.29, 1.82) is 0 Å². The van der Waals surface area contributed by atoms with Crippen LogP contribution in [-0.4, -0.2) is 31.4 Å². The van der Waals surface area contributed by atoms with E-state index in [2.05, 4.69) is 22.3 Å². The fourth-order valence-electron chi connectivity index (χ4n) is 1.96. The molecule has 1 atom stereocenters. The molecule has 0 spiro atoms. The van der Waals surface area contributed by atoms with Crippen LogP contribution in [0.4, 0.5) is 0 Å². The van der Waals surface area contributed by atoms with Crippen LogP contribution >= 0.6 is 0 Å². The van der Waals surface area contributed by atoms with Gasteiger partial charge in [-0.3, -0.25) is 4.79 Å². The quantitative estimate of drug-likeness (QED) is 0.895. The monoisotopic (exact) mass is 258 g/mol. The maximum absolute atomic E-state index is 11.9. The van der Waals surface area contributed by atoms with Gasteiger partial charge in [-0.2, -0.15) is 0 Å². The predicted octanol–water partition coefficient (Wildman–Crippen LogP) is 2.31. The van der Waals surface area contributed by atoms with Crippen molar-refractivity contribution in [2.24, 2.45) is 0 Å². The van der Waals surface area contributed by atoms with Crippen LogP contribution in [0.25, 0.3) is 0 Å². The molecule has 2 aromatic rings. The van der Waals surface area contributed by atoms with E-state index in [4.69, 9.17) is 4.42 Å². The molecule has 1 amide bonds. The van der Waals surface area contributed by atoms with Crippen molar-refractivity contribution >= 4 is 5.91 Å². The molecule has 0 aliphatic rings. The molecule has 0 aliphatic heterocycles. The number of likely N-dealkylation sites (N-methyl/N-ethyl adjacent to an activating group) is 1. The maximum atomic E-state index is 11.9. The first-order chi connectivity index (χ1) is 9.18. The lowest BCUT2D eigenvalue weighted by Crippen LogP contribution is -2.34. The molecule has 0 saturated carbocycles. The van der Waals surface area contributed by atoms with Crippen molar-refractivity contribution in [1.82, 2.24) is 10.2 Å². The third kappa shape index (κ3) is 3.45. The van der Waals surface area contributed by atoms with Gasteiger partial charge in [0.1, 0.15) is 6.26 Å². The Morgan fingerprint density at radius 1 is 1.26 bits per heavy atom. The molecule has 100 valence electrons. The molecule has 1 N–H and O–H groups in total. The molecule has 1 unspecified atom stereocenters. The van der Waals surface area contributed by atoms with Crippen LogP contribution in [-0.2, 0) is 0 Å². The van der Waals surface area contributed by atoms with E-state index in [1.165, 1.54) is 18.1 Å². The van der Waals surface area contributed by atoms with Crippen molar-refractivity contribution in [2.75, 3.05) is 20.6 Å². The lowest BCUT2D eigenvalue weighted by atomic mass is 10.1. The highest BCUT2D eigenvalue weighted by Crippen LogP contribution is 2.16. The van der Waals surface area contributed by atoms with Crippen LogP contribution in [0.15, 0.2) is 53.3 Å². The van der Waals surface area contributed by atoms with Gasteiger partial charge in [0.15, 0.2) is 0 Å². The molecule has 4 heteroatoms. The van der Waals surface area contributed by atoms with Gasteiger partial charge in [-0.25, -0.2) is 0 Å². The van der Waals surface area contributed by atoms with E-state index in [9.17, 15) is 4.79 Å². The molecule has 0 saturated heterocycles. The van der Waals surface area contributed by atoms with Gasteiger partial charge in [0, 0.05) is 6.54 Å². The topological polar surface area (TPSA) is 45.5 Å². The maximum Gasteiger partial charge on any atom is 0.254 e. The number of nitrogens with one attached hydrogen (secondary N) is 1. The van der Waals surface area contributed by atoms with Crippen molar-refractivity contribution in [3.05, 3.63) is 60.1 Å². The number of benzene rings is 1. The second-order valence-electron chi connectivity index (χ2n) is 4.61. The highest BCUT2D eigenvalue weighted by Gasteiger charge is 2.15. The zero-order chi connectivity index (χ0) is 13.7. The molecular weight excluding hydrogens is 240 g/mol. The zero-order valence-electron chi connectivity index (χ0n) is 11.2. The van der Waals surface area contributed by atoms with Crippen LogP contribution in [0, 0.1) is 0 Å². The van der Waals surface area contributed by atoms with Crippen LogP contribution in [0.2, 0.25) is 0 Å². The van der Waals surface area contributed by atoms with Crippen molar-refractivity contribution in [2.45, 2.75) is 6.04 Å².